The first-order valence-corrected chi connectivity index (χ1v) is 9.70. The van der Waals surface area contributed by atoms with Crippen molar-refractivity contribution in [2.75, 3.05) is 7.11 Å². The smallest absolute Gasteiger partial charge is 0.175 e. The van der Waals surface area contributed by atoms with Crippen LogP contribution in [0.3, 0.4) is 0 Å². The molecule has 0 aliphatic rings. The normalized spacial score (nSPS) is 11.0. The largest absolute Gasteiger partial charge is 0.493 e. The molecule has 0 bridgehead atoms. The monoisotopic (exact) mass is 453 g/mol. The second-order valence-electron chi connectivity index (χ2n) is 5.95. The summed E-state index contributed by atoms with van der Waals surface area (Å²) in [7, 11) is 1.58. The molecule has 0 fully saturated rings. The molecule has 0 amide bonds. The molecule has 0 saturated carbocycles. The molecule has 3 nitrogen and oxygen atoms in total. The lowest BCUT2D eigenvalue weighted by atomic mass is 10.0. The molecule has 0 heterocycles. The molecule has 5 heteroatoms. The molecule has 0 saturated heterocycles. The van der Waals surface area contributed by atoms with Crippen LogP contribution in [0.5, 0.6) is 11.5 Å². The van der Waals surface area contributed by atoms with E-state index in [1.165, 1.54) is 0 Å². The fraction of sp³-hybridized carbons (Fsp3) is 0.0870. The lowest BCUT2D eigenvalue weighted by Crippen LogP contribution is -1.99. The predicted octanol–water partition coefficient (Wildman–Crippen LogP) is 6.75. The van der Waals surface area contributed by atoms with Gasteiger partial charge in [0.15, 0.2) is 11.5 Å². The number of hydrogen-bond donors (Lipinski definition) is 0. The third-order valence-electron chi connectivity index (χ3n) is 4.10. The fourth-order valence-corrected chi connectivity index (χ4v) is 3.46. The quantitative estimate of drug-likeness (QED) is 0.305. The molecule has 0 unspecified atom stereocenters. The third-order valence-corrected chi connectivity index (χ3v) is 5.06. The van der Waals surface area contributed by atoms with E-state index in [4.69, 9.17) is 21.1 Å². The topological polar surface area (TPSA) is 42.2 Å². The van der Waals surface area contributed by atoms with Crippen LogP contribution in [-0.2, 0) is 6.61 Å². The number of nitrogens with zero attached hydrogens (tertiary/aromatic N) is 1. The maximum Gasteiger partial charge on any atom is 0.175 e. The summed E-state index contributed by atoms with van der Waals surface area (Å²) in [5.74, 6) is 1.15. The van der Waals surface area contributed by atoms with Crippen molar-refractivity contribution in [2.45, 2.75) is 6.61 Å². The van der Waals surface area contributed by atoms with Crippen molar-refractivity contribution >= 4 is 39.2 Å². The maximum absolute atomic E-state index is 9.53. The van der Waals surface area contributed by atoms with Gasteiger partial charge in [-0.05, 0) is 51.3 Å². The molecule has 3 aromatic rings. The second-order valence-corrected chi connectivity index (χ2v) is 7.21. The number of benzene rings is 3. The second kappa shape index (κ2) is 9.45. The van der Waals surface area contributed by atoms with Crippen molar-refractivity contribution in [1.29, 1.82) is 5.26 Å². The molecule has 0 N–H and O–H groups in total. The number of ether oxygens (including phenoxy) is 2. The molecule has 0 aliphatic carbocycles. The highest BCUT2D eigenvalue weighted by molar-refractivity contribution is 9.10. The van der Waals surface area contributed by atoms with Crippen LogP contribution in [-0.4, -0.2) is 7.11 Å². The van der Waals surface area contributed by atoms with Gasteiger partial charge < -0.3 is 9.47 Å². The Kier molecular flexibility index (Phi) is 6.76. The molecule has 0 aliphatic heterocycles. The summed E-state index contributed by atoms with van der Waals surface area (Å²) in [6, 6.07) is 23.1. The molecule has 0 atom stereocenters. The first-order chi connectivity index (χ1) is 13.6. The number of rotatable bonds is 6. The van der Waals surface area contributed by atoms with Gasteiger partial charge in [0.25, 0.3) is 0 Å². The minimum absolute atomic E-state index is 0.317. The maximum atomic E-state index is 9.53. The van der Waals surface area contributed by atoms with Gasteiger partial charge in [-0.2, -0.15) is 5.26 Å². The summed E-state index contributed by atoms with van der Waals surface area (Å²) in [4.78, 5) is 0. The van der Waals surface area contributed by atoms with Gasteiger partial charge >= 0.3 is 0 Å². The Hall–Kier alpha value is -2.74. The number of halogens is 2. The van der Waals surface area contributed by atoms with Crippen LogP contribution < -0.4 is 9.47 Å². The Morgan fingerprint density at radius 3 is 2.50 bits per heavy atom. The SMILES string of the molecule is COc1cc(/C=C(/C#N)c2ccccc2)cc(Br)c1OCc1ccccc1Cl. The highest BCUT2D eigenvalue weighted by atomic mass is 79.9. The van der Waals surface area contributed by atoms with Crippen molar-refractivity contribution in [3.8, 4) is 17.6 Å². The van der Waals surface area contributed by atoms with Crippen LogP contribution in [0.25, 0.3) is 11.6 Å². The van der Waals surface area contributed by atoms with Crippen molar-refractivity contribution in [3.05, 3.63) is 92.9 Å². The molecule has 28 heavy (non-hydrogen) atoms. The fourth-order valence-electron chi connectivity index (χ4n) is 2.69. The Balaban J connectivity index is 1.90. The van der Waals surface area contributed by atoms with Gasteiger partial charge in [-0.15, -0.1) is 0 Å². The van der Waals surface area contributed by atoms with Crippen LogP contribution in [0.15, 0.2) is 71.2 Å². The van der Waals surface area contributed by atoms with Crippen LogP contribution in [0.1, 0.15) is 16.7 Å². The lowest BCUT2D eigenvalue weighted by Gasteiger charge is -2.14. The standard InChI is InChI=1S/C23H17BrClNO2/c1-27-22-13-16(11-19(14-26)17-7-3-2-4-8-17)12-20(24)23(22)28-15-18-9-5-6-10-21(18)25/h2-13H,15H2,1H3/b19-11-. The summed E-state index contributed by atoms with van der Waals surface area (Å²) in [5.41, 5.74) is 3.14. The Morgan fingerprint density at radius 1 is 1.11 bits per heavy atom. The van der Waals surface area contributed by atoms with Gasteiger partial charge in [0.1, 0.15) is 6.61 Å². The Morgan fingerprint density at radius 2 is 1.82 bits per heavy atom. The first-order valence-electron chi connectivity index (χ1n) is 8.53. The minimum atomic E-state index is 0.317. The van der Waals surface area contributed by atoms with E-state index in [1.54, 1.807) is 7.11 Å². The molecule has 0 radical (unpaired) electrons. The highest BCUT2D eigenvalue weighted by Gasteiger charge is 2.13. The van der Waals surface area contributed by atoms with Gasteiger partial charge in [-0.3, -0.25) is 0 Å². The molecule has 0 aromatic heterocycles. The average Bonchev–Trinajstić information content (AvgIpc) is 2.72. The van der Waals surface area contributed by atoms with Gasteiger partial charge in [0.2, 0.25) is 0 Å². The van der Waals surface area contributed by atoms with Gasteiger partial charge in [0.05, 0.1) is 23.2 Å². The first kappa shape index (κ1) is 20.0. The molecule has 0 spiro atoms. The van der Waals surface area contributed by atoms with Crippen molar-refractivity contribution in [2.24, 2.45) is 0 Å². The van der Waals surface area contributed by atoms with Crippen molar-refractivity contribution in [1.82, 2.24) is 0 Å². The van der Waals surface area contributed by atoms with E-state index in [-0.39, 0.29) is 0 Å². The zero-order valence-corrected chi connectivity index (χ0v) is 17.5. The Bertz CT molecular complexity index is 1040. The Labute approximate surface area is 177 Å². The van der Waals surface area contributed by atoms with E-state index >= 15 is 0 Å². The molecule has 3 aromatic carbocycles. The molecule has 140 valence electrons. The summed E-state index contributed by atoms with van der Waals surface area (Å²) < 4.78 is 12.2. The molecular weight excluding hydrogens is 438 g/mol. The van der Waals surface area contributed by atoms with Gasteiger partial charge in [-0.1, -0.05) is 60.1 Å². The van der Waals surface area contributed by atoms with E-state index < -0.39 is 0 Å². The van der Waals surface area contributed by atoms with Crippen LogP contribution in [0, 0.1) is 11.3 Å². The predicted molar refractivity (Wildman–Crippen MR) is 116 cm³/mol. The van der Waals surface area contributed by atoms with E-state index in [2.05, 4.69) is 22.0 Å². The summed E-state index contributed by atoms with van der Waals surface area (Å²) in [5, 5.41) is 10.2. The van der Waals surface area contributed by atoms with Crippen molar-refractivity contribution in [3.63, 3.8) is 0 Å². The summed E-state index contributed by atoms with van der Waals surface area (Å²) in [6.07, 6.45) is 1.82. The van der Waals surface area contributed by atoms with E-state index in [0.717, 1.165) is 21.2 Å². The number of methoxy groups -OCH3 is 1. The number of hydrogen-bond acceptors (Lipinski definition) is 3. The summed E-state index contributed by atoms with van der Waals surface area (Å²) >= 11 is 9.75. The van der Waals surface area contributed by atoms with E-state index in [1.807, 2.05) is 72.8 Å². The highest BCUT2D eigenvalue weighted by Crippen LogP contribution is 2.38. The van der Waals surface area contributed by atoms with E-state index in [0.29, 0.717) is 28.7 Å². The van der Waals surface area contributed by atoms with Crippen LogP contribution in [0.2, 0.25) is 5.02 Å². The van der Waals surface area contributed by atoms with Gasteiger partial charge in [-0.25, -0.2) is 0 Å². The zero-order chi connectivity index (χ0) is 19.9. The van der Waals surface area contributed by atoms with Crippen molar-refractivity contribution < 1.29 is 9.47 Å². The number of allylic oxidation sites excluding steroid dienone is 1. The number of nitriles is 1. The zero-order valence-electron chi connectivity index (χ0n) is 15.2. The van der Waals surface area contributed by atoms with Crippen LogP contribution >= 0.6 is 27.5 Å². The average molecular weight is 455 g/mol. The van der Waals surface area contributed by atoms with E-state index in [9.17, 15) is 5.26 Å². The van der Waals surface area contributed by atoms with Crippen LogP contribution in [0.4, 0.5) is 0 Å². The molecular formula is C23H17BrClNO2. The van der Waals surface area contributed by atoms with Gasteiger partial charge in [0, 0.05) is 10.6 Å². The summed E-state index contributed by atoms with van der Waals surface area (Å²) in [6.45, 7) is 0.317. The minimum Gasteiger partial charge on any atom is -0.493 e. The lowest BCUT2D eigenvalue weighted by molar-refractivity contribution is 0.282. The third kappa shape index (κ3) is 4.75. The molecule has 3 rings (SSSR count).